The average molecular weight is 664 g/mol. The molecule has 0 fully saturated rings. The molecule has 240 valence electrons. The molecule has 0 saturated carbocycles. The summed E-state index contributed by atoms with van der Waals surface area (Å²) in [5.41, 5.74) is -2.16. The number of carboxylic acid groups (broad SMARTS) is 1. The van der Waals surface area contributed by atoms with Crippen LogP contribution in [-0.4, -0.2) is 16.1 Å². The maximum Gasteiger partial charge on any atom is 0.416 e. The van der Waals surface area contributed by atoms with Gasteiger partial charge in [0.25, 0.3) is 0 Å². The number of thiazole rings is 1. The van der Waals surface area contributed by atoms with Crippen LogP contribution in [-0.2, 0) is 43.0 Å². The molecule has 1 aromatic heterocycles. The van der Waals surface area contributed by atoms with Gasteiger partial charge in [0.2, 0.25) is 0 Å². The van der Waals surface area contributed by atoms with Crippen molar-refractivity contribution in [2.75, 3.05) is 0 Å². The van der Waals surface area contributed by atoms with Crippen molar-refractivity contribution in [2.24, 2.45) is 0 Å². The van der Waals surface area contributed by atoms with Crippen LogP contribution in [0.3, 0.4) is 0 Å². The van der Waals surface area contributed by atoms with E-state index in [0.29, 0.717) is 29.2 Å². The third kappa shape index (κ3) is 8.90. The summed E-state index contributed by atoms with van der Waals surface area (Å²) in [6.07, 6.45) is -14.5. The van der Waals surface area contributed by atoms with Crippen molar-refractivity contribution in [3.63, 3.8) is 0 Å². The average Bonchev–Trinajstić information content (AvgIpc) is 3.36. The number of carbonyl (C=O) groups is 1. The van der Waals surface area contributed by atoms with Crippen molar-refractivity contribution < 1.29 is 58.9 Å². The van der Waals surface area contributed by atoms with Crippen LogP contribution in [0, 0.1) is 6.92 Å². The second-order valence-corrected chi connectivity index (χ2v) is 10.8. The number of aliphatic carboxylic acids is 1. The Bertz CT molecular complexity index is 1630. The zero-order valence-electron chi connectivity index (χ0n) is 23.0. The van der Waals surface area contributed by atoms with Gasteiger partial charge in [0.1, 0.15) is 29.7 Å². The molecule has 3 aromatic carbocycles. The van der Waals surface area contributed by atoms with Gasteiger partial charge in [-0.2, -0.15) is 39.5 Å². The number of hydrogen-bond acceptors (Lipinski definition) is 5. The van der Waals surface area contributed by atoms with Gasteiger partial charge in [0.15, 0.2) is 0 Å². The van der Waals surface area contributed by atoms with E-state index in [0.717, 1.165) is 34.6 Å². The van der Waals surface area contributed by atoms with Crippen LogP contribution in [0.2, 0.25) is 0 Å². The van der Waals surface area contributed by atoms with Crippen molar-refractivity contribution >= 4 is 17.3 Å². The van der Waals surface area contributed by atoms with Gasteiger partial charge in [-0.3, -0.25) is 4.79 Å². The lowest BCUT2D eigenvalue weighted by molar-refractivity contribution is -0.143. The Kier molecular flexibility index (Phi) is 9.71. The summed E-state index contributed by atoms with van der Waals surface area (Å²) in [6, 6.07) is 9.80. The Labute approximate surface area is 253 Å². The van der Waals surface area contributed by atoms with E-state index in [1.54, 1.807) is 25.1 Å². The minimum atomic E-state index is -5.09. The minimum absolute atomic E-state index is 0.0351. The molecule has 5 nitrogen and oxygen atoms in total. The normalized spacial score (nSPS) is 12.3. The molecular formula is C30H22F9NO4S. The molecule has 0 atom stereocenters. The Hall–Kier alpha value is -4.27. The molecule has 15 heteroatoms. The summed E-state index contributed by atoms with van der Waals surface area (Å²) in [7, 11) is 0. The van der Waals surface area contributed by atoms with E-state index in [2.05, 4.69) is 4.98 Å². The first-order chi connectivity index (χ1) is 20.9. The molecule has 0 spiro atoms. The summed E-state index contributed by atoms with van der Waals surface area (Å²) in [4.78, 5) is 15.6. The monoisotopic (exact) mass is 663 g/mol. The number of nitrogens with zero attached hydrogens (tertiary/aromatic N) is 1. The third-order valence-electron chi connectivity index (χ3n) is 6.47. The summed E-state index contributed by atoms with van der Waals surface area (Å²) in [5.74, 6) is -1.31. The Morgan fingerprint density at radius 3 is 1.87 bits per heavy atom. The molecule has 0 saturated heterocycles. The number of aromatic nitrogens is 1. The standard InChI is InChI=1S/C30H22F9NO4S/c1-16-10-22(8-4-17(16)5-9-26(41)42)44-15-25-24(40-27(45-25)18-2-6-19(7-3-18)28(31,32)33)14-43-23-12-20(29(34,35)36)11-21(13-23)30(37,38)39/h2-4,6-8,10-13H,5,9,14-15H2,1H3,(H,41,42). The SMILES string of the molecule is Cc1cc(OCc2sc(-c3ccc(C(F)(F)F)cc3)nc2COc2cc(C(F)(F)F)cc(C(F)(F)F)c2)ccc1CCC(=O)O. The third-order valence-corrected chi connectivity index (χ3v) is 7.59. The molecule has 0 amide bonds. The predicted octanol–water partition coefficient (Wildman–Crippen LogP) is 9.35. The lowest BCUT2D eigenvalue weighted by atomic mass is 10.0. The first kappa shape index (κ1) is 33.6. The maximum atomic E-state index is 13.3. The Balaban J connectivity index is 1.63. The summed E-state index contributed by atoms with van der Waals surface area (Å²) in [5, 5.41) is 9.12. The Morgan fingerprint density at radius 1 is 0.756 bits per heavy atom. The zero-order valence-corrected chi connectivity index (χ0v) is 23.8. The molecule has 45 heavy (non-hydrogen) atoms. The van der Waals surface area contributed by atoms with Gasteiger partial charge in [-0.1, -0.05) is 18.2 Å². The van der Waals surface area contributed by atoms with Crippen LogP contribution in [0.1, 0.15) is 44.8 Å². The Morgan fingerprint density at radius 2 is 1.33 bits per heavy atom. The predicted molar refractivity (Wildman–Crippen MR) is 145 cm³/mol. The van der Waals surface area contributed by atoms with Crippen LogP contribution in [0.5, 0.6) is 11.5 Å². The zero-order chi connectivity index (χ0) is 33.2. The van der Waals surface area contributed by atoms with Gasteiger partial charge >= 0.3 is 24.5 Å². The minimum Gasteiger partial charge on any atom is -0.488 e. The highest BCUT2D eigenvalue weighted by Crippen LogP contribution is 2.39. The highest BCUT2D eigenvalue weighted by Gasteiger charge is 2.37. The van der Waals surface area contributed by atoms with Crippen molar-refractivity contribution in [1.29, 1.82) is 0 Å². The van der Waals surface area contributed by atoms with E-state index >= 15 is 0 Å². The molecule has 0 aliphatic heterocycles. The second-order valence-electron chi connectivity index (χ2n) is 9.76. The lowest BCUT2D eigenvalue weighted by Crippen LogP contribution is -2.11. The van der Waals surface area contributed by atoms with E-state index in [1.165, 1.54) is 12.1 Å². The molecule has 0 aliphatic carbocycles. The molecule has 0 radical (unpaired) electrons. The smallest absolute Gasteiger partial charge is 0.416 e. The maximum absolute atomic E-state index is 13.3. The number of alkyl halides is 9. The number of aryl methyl sites for hydroxylation is 2. The van der Waals surface area contributed by atoms with E-state index in [9.17, 15) is 44.3 Å². The number of benzene rings is 3. The van der Waals surface area contributed by atoms with E-state index < -0.39 is 53.5 Å². The first-order valence-corrected chi connectivity index (χ1v) is 13.7. The first-order valence-electron chi connectivity index (χ1n) is 12.9. The lowest BCUT2D eigenvalue weighted by Gasteiger charge is -2.15. The van der Waals surface area contributed by atoms with Crippen molar-refractivity contribution in [1.82, 2.24) is 4.98 Å². The van der Waals surface area contributed by atoms with Crippen molar-refractivity contribution in [3.05, 3.63) is 99.1 Å². The fourth-order valence-electron chi connectivity index (χ4n) is 4.12. The topological polar surface area (TPSA) is 68.7 Å². The number of rotatable bonds is 10. The molecule has 4 aromatic rings. The van der Waals surface area contributed by atoms with Crippen LogP contribution in [0.4, 0.5) is 39.5 Å². The van der Waals surface area contributed by atoms with Gasteiger partial charge in [-0.05, 0) is 66.9 Å². The number of halogens is 9. The van der Waals surface area contributed by atoms with E-state index in [4.69, 9.17) is 14.6 Å². The quantitative estimate of drug-likeness (QED) is 0.171. The molecule has 0 bridgehead atoms. The number of carboxylic acids is 1. The molecule has 4 rings (SSSR count). The van der Waals surface area contributed by atoms with E-state index in [-0.39, 0.29) is 35.4 Å². The van der Waals surface area contributed by atoms with Crippen LogP contribution < -0.4 is 9.47 Å². The van der Waals surface area contributed by atoms with Crippen molar-refractivity contribution in [3.8, 4) is 22.1 Å². The van der Waals surface area contributed by atoms with Gasteiger partial charge < -0.3 is 14.6 Å². The second kappa shape index (κ2) is 13.0. The van der Waals surface area contributed by atoms with Crippen molar-refractivity contribution in [2.45, 2.75) is 51.5 Å². The van der Waals surface area contributed by atoms with Gasteiger partial charge in [-0.25, -0.2) is 4.98 Å². The highest BCUT2D eigenvalue weighted by atomic mass is 32.1. The summed E-state index contributed by atoms with van der Waals surface area (Å²) >= 11 is 0.991. The fourth-order valence-corrected chi connectivity index (χ4v) is 5.11. The van der Waals surface area contributed by atoms with Crippen LogP contribution >= 0.6 is 11.3 Å². The van der Waals surface area contributed by atoms with Crippen LogP contribution in [0.25, 0.3) is 10.6 Å². The van der Waals surface area contributed by atoms with E-state index in [1.807, 2.05) is 0 Å². The van der Waals surface area contributed by atoms with Crippen LogP contribution in [0.15, 0.2) is 60.7 Å². The largest absolute Gasteiger partial charge is 0.488 e. The van der Waals surface area contributed by atoms with Gasteiger partial charge in [0.05, 0.1) is 27.3 Å². The summed E-state index contributed by atoms with van der Waals surface area (Å²) < 4.78 is 130. The molecule has 0 unspecified atom stereocenters. The molecular weight excluding hydrogens is 641 g/mol. The number of hydrogen-bond donors (Lipinski definition) is 1. The number of ether oxygens (including phenoxy) is 2. The molecule has 1 N–H and O–H groups in total. The highest BCUT2D eigenvalue weighted by molar-refractivity contribution is 7.15. The summed E-state index contributed by atoms with van der Waals surface area (Å²) in [6.45, 7) is 0.992. The van der Waals surface area contributed by atoms with Gasteiger partial charge in [0, 0.05) is 12.0 Å². The van der Waals surface area contributed by atoms with Gasteiger partial charge in [-0.15, -0.1) is 11.3 Å². The molecule has 1 heterocycles. The fraction of sp³-hybridized carbons (Fsp3) is 0.267. The molecule has 0 aliphatic rings.